The van der Waals surface area contributed by atoms with Crippen LogP contribution in [0.5, 0.6) is 0 Å². The predicted molar refractivity (Wildman–Crippen MR) is 73.1 cm³/mol. The molecule has 0 bridgehead atoms. The Balaban J connectivity index is 2.21. The van der Waals surface area contributed by atoms with Gasteiger partial charge >= 0.3 is 0 Å². The fourth-order valence-corrected chi connectivity index (χ4v) is 2.24. The van der Waals surface area contributed by atoms with Crippen molar-refractivity contribution in [3.8, 4) is 22.6 Å². The van der Waals surface area contributed by atoms with E-state index in [0.29, 0.717) is 0 Å². The standard InChI is InChI=1S/C16H9F4NO2/c17-8-4-5-12(18)10(6-8)15-11(7-22)16(23-21-15)9-2-1-3-13(19)14(9)20/h1-6,22H,7H2. The van der Waals surface area contributed by atoms with Crippen molar-refractivity contribution in [3.05, 3.63) is 65.2 Å². The monoisotopic (exact) mass is 323 g/mol. The fourth-order valence-electron chi connectivity index (χ4n) is 2.24. The Kier molecular flexibility index (Phi) is 3.87. The lowest BCUT2D eigenvalue weighted by molar-refractivity contribution is 0.281. The van der Waals surface area contributed by atoms with Gasteiger partial charge in [-0.05, 0) is 30.3 Å². The summed E-state index contributed by atoms with van der Waals surface area (Å²) >= 11 is 0. The number of aromatic nitrogens is 1. The van der Waals surface area contributed by atoms with Crippen LogP contribution in [0.25, 0.3) is 22.6 Å². The van der Waals surface area contributed by atoms with Gasteiger partial charge in [0.2, 0.25) is 0 Å². The van der Waals surface area contributed by atoms with Gasteiger partial charge in [-0.25, -0.2) is 17.6 Å². The molecular formula is C16H9F4NO2. The summed E-state index contributed by atoms with van der Waals surface area (Å²) in [6.07, 6.45) is 0. The van der Waals surface area contributed by atoms with Gasteiger partial charge in [0.05, 0.1) is 17.7 Å². The van der Waals surface area contributed by atoms with Crippen molar-refractivity contribution in [3.63, 3.8) is 0 Å². The highest BCUT2D eigenvalue weighted by Gasteiger charge is 2.24. The van der Waals surface area contributed by atoms with Gasteiger partial charge in [-0.15, -0.1) is 0 Å². The molecule has 0 amide bonds. The van der Waals surface area contributed by atoms with Crippen LogP contribution in [0.4, 0.5) is 17.6 Å². The van der Waals surface area contributed by atoms with Gasteiger partial charge in [0.15, 0.2) is 17.4 Å². The van der Waals surface area contributed by atoms with Crippen LogP contribution in [-0.2, 0) is 6.61 Å². The molecule has 0 aliphatic carbocycles. The topological polar surface area (TPSA) is 46.3 Å². The Morgan fingerprint density at radius 2 is 1.74 bits per heavy atom. The summed E-state index contributed by atoms with van der Waals surface area (Å²) in [5, 5.41) is 13.1. The summed E-state index contributed by atoms with van der Waals surface area (Å²) in [7, 11) is 0. The molecule has 118 valence electrons. The maximum atomic E-state index is 13.9. The first kappa shape index (κ1) is 15.2. The number of hydrogen-bond acceptors (Lipinski definition) is 3. The van der Waals surface area contributed by atoms with Crippen LogP contribution in [0.1, 0.15) is 5.56 Å². The van der Waals surface area contributed by atoms with Crippen LogP contribution in [0.15, 0.2) is 40.9 Å². The second-order valence-electron chi connectivity index (χ2n) is 4.72. The molecule has 0 saturated heterocycles. The lowest BCUT2D eigenvalue weighted by Crippen LogP contribution is -1.94. The Hall–Kier alpha value is -2.67. The number of hydrogen-bond donors (Lipinski definition) is 1. The summed E-state index contributed by atoms with van der Waals surface area (Å²) in [5.41, 5.74) is -0.771. The highest BCUT2D eigenvalue weighted by molar-refractivity contribution is 5.73. The molecule has 0 atom stereocenters. The molecule has 2 aromatic carbocycles. The summed E-state index contributed by atoms with van der Waals surface area (Å²) in [5.74, 6) is -4.05. The Bertz CT molecular complexity index is 857. The number of halogens is 4. The van der Waals surface area contributed by atoms with E-state index in [0.717, 1.165) is 24.3 Å². The molecule has 1 N–H and O–H groups in total. The Morgan fingerprint density at radius 1 is 0.957 bits per heavy atom. The second-order valence-corrected chi connectivity index (χ2v) is 4.72. The van der Waals surface area contributed by atoms with Crippen molar-refractivity contribution >= 4 is 0 Å². The molecule has 3 nitrogen and oxygen atoms in total. The minimum absolute atomic E-state index is 0.0704. The van der Waals surface area contributed by atoms with Gasteiger partial charge in [0, 0.05) is 5.56 Å². The number of rotatable bonds is 3. The third-order valence-electron chi connectivity index (χ3n) is 3.33. The fraction of sp³-hybridized carbons (Fsp3) is 0.0625. The SMILES string of the molecule is OCc1c(-c2cc(F)ccc2F)noc1-c1cccc(F)c1F. The van der Waals surface area contributed by atoms with Crippen molar-refractivity contribution in [2.45, 2.75) is 6.61 Å². The van der Waals surface area contributed by atoms with E-state index < -0.39 is 29.9 Å². The predicted octanol–water partition coefficient (Wildman–Crippen LogP) is 4.06. The zero-order chi connectivity index (χ0) is 16.6. The average molecular weight is 323 g/mol. The molecule has 0 unspecified atom stereocenters. The third-order valence-corrected chi connectivity index (χ3v) is 3.33. The number of nitrogens with zero attached hydrogens (tertiary/aromatic N) is 1. The lowest BCUT2D eigenvalue weighted by atomic mass is 10.0. The van der Waals surface area contributed by atoms with E-state index in [-0.39, 0.29) is 28.1 Å². The summed E-state index contributed by atoms with van der Waals surface area (Å²) in [6.45, 7) is -0.680. The Morgan fingerprint density at radius 3 is 2.48 bits per heavy atom. The van der Waals surface area contributed by atoms with Crippen molar-refractivity contribution < 1.29 is 27.2 Å². The molecule has 7 heteroatoms. The maximum Gasteiger partial charge on any atom is 0.176 e. The molecule has 1 aromatic heterocycles. The smallest absolute Gasteiger partial charge is 0.176 e. The molecular weight excluding hydrogens is 314 g/mol. The normalized spacial score (nSPS) is 11.0. The van der Waals surface area contributed by atoms with Crippen LogP contribution < -0.4 is 0 Å². The Labute approximate surface area is 127 Å². The zero-order valence-corrected chi connectivity index (χ0v) is 11.5. The number of aliphatic hydroxyl groups is 1. The minimum atomic E-state index is -1.19. The summed E-state index contributed by atoms with van der Waals surface area (Å²) in [6, 6.07) is 6.08. The largest absolute Gasteiger partial charge is 0.391 e. The molecule has 3 rings (SSSR count). The van der Waals surface area contributed by atoms with E-state index in [2.05, 4.69) is 5.16 Å². The van der Waals surface area contributed by atoms with E-state index in [1.807, 2.05) is 0 Å². The molecule has 0 spiro atoms. The van der Waals surface area contributed by atoms with E-state index in [1.54, 1.807) is 0 Å². The molecule has 0 fully saturated rings. The molecule has 0 aliphatic rings. The van der Waals surface area contributed by atoms with E-state index in [4.69, 9.17) is 4.52 Å². The first-order chi connectivity index (χ1) is 11.0. The van der Waals surface area contributed by atoms with Gasteiger partial charge in [-0.1, -0.05) is 11.2 Å². The van der Waals surface area contributed by atoms with Gasteiger partial charge in [0.25, 0.3) is 0 Å². The highest BCUT2D eigenvalue weighted by atomic mass is 19.2. The van der Waals surface area contributed by atoms with E-state index in [1.165, 1.54) is 12.1 Å². The third kappa shape index (κ3) is 2.59. The van der Waals surface area contributed by atoms with Gasteiger partial charge in [-0.2, -0.15) is 0 Å². The first-order valence-electron chi connectivity index (χ1n) is 6.52. The molecule has 0 saturated carbocycles. The van der Waals surface area contributed by atoms with Crippen LogP contribution in [-0.4, -0.2) is 10.3 Å². The highest BCUT2D eigenvalue weighted by Crippen LogP contribution is 2.35. The summed E-state index contributed by atoms with van der Waals surface area (Å²) in [4.78, 5) is 0. The molecule has 3 aromatic rings. The second kappa shape index (κ2) is 5.85. The molecule has 1 heterocycles. The lowest BCUT2D eigenvalue weighted by Gasteiger charge is -2.04. The minimum Gasteiger partial charge on any atom is -0.391 e. The average Bonchev–Trinajstić information content (AvgIpc) is 2.96. The zero-order valence-electron chi connectivity index (χ0n) is 11.5. The van der Waals surface area contributed by atoms with Gasteiger partial charge < -0.3 is 9.63 Å². The van der Waals surface area contributed by atoms with Crippen LogP contribution in [0.3, 0.4) is 0 Å². The van der Waals surface area contributed by atoms with Crippen LogP contribution >= 0.6 is 0 Å². The molecule has 23 heavy (non-hydrogen) atoms. The molecule has 0 radical (unpaired) electrons. The van der Waals surface area contributed by atoms with Crippen molar-refractivity contribution in [2.75, 3.05) is 0 Å². The molecule has 0 aliphatic heterocycles. The number of aliphatic hydroxyl groups excluding tert-OH is 1. The van der Waals surface area contributed by atoms with Gasteiger partial charge in [-0.3, -0.25) is 0 Å². The van der Waals surface area contributed by atoms with E-state index in [9.17, 15) is 22.7 Å². The van der Waals surface area contributed by atoms with Crippen molar-refractivity contribution in [2.24, 2.45) is 0 Å². The van der Waals surface area contributed by atoms with Crippen LogP contribution in [0.2, 0.25) is 0 Å². The quantitative estimate of drug-likeness (QED) is 0.740. The van der Waals surface area contributed by atoms with Gasteiger partial charge in [0.1, 0.15) is 17.3 Å². The van der Waals surface area contributed by atoms with Crippen molar-refractivity contribution in [1.29, 1.82) is 0 Å². The van der Waals surface area contributed by atoms with Crippen molar-refractivity contribution in [1.82, 2.24) is 5.16 Å². The number of benzene rings is 2. The summed E-state index contributed by atoms with van der Waals surface area (Å²) < 4.78 is 59.4. The van der Waals surface area contributed by atoms with Crippen LogP contribution in [0, 0.1) is 23.3 Å². The van der Waals surface area contributed by atoms with E-state index >= 15 is 0 Å². The maximum absolute atomic E-state index is 13.9. The first-order valence-corrected chi connectivity index (χ1v) is 6.52.